The van der Waals surface area contributed by atoms with Crippen LogP contribution in [0.1, 0.15) is 18.4 Å². The zero-order valence-corrected chi connectivity index (χ0v) is 7.64. The summed E-state index contributed by atoms with van der Waals surface area (Å²) in [5.74, 6) is -0.351. The summed E-state index contributed by atoms with van der Waals surface area (Å²) < 4.78 is 0. The second kappa shape index (κ2) is 2.87. The highest BCUT2D eigenvalue weighted by atomic mass is 16.3. The van der Waals surface area contributed by atoms with Gasteiger partial charge in [-0.25, -0.2) is 0 Å². The van der Waals surface area contributed by atoms with E-state index in [9.17, 15) is 15.3 Å². The van der Waals surface area contributed by atoms with Crippen molar-refractivity contribution in [3.63, 3.8) is 0 Å². The number of phenols is 2. The summed E-state index contributed by atoms with van der Waals surface area (Å²) in [5, 5.41) is 28.0. The summed E-state index contributed by atoms with van der Waals surface area (Å²) >= 11 is 0. The van der Waals surface area contributed by atoms with Crippen molar-refractivity contribution in [1.82, 2.24) is 0 Å². The number of aromatic hydroxyl groups is 2. The molecule has 5 N–H and O–H groups in total. The molecule has 14 heavy (non-hydrogen) atoms. The minimum absolute atomic E-state index is 0.172. The Morgan fingerprint density at radius 2 is 1.93 bits per heavy atom. The van der Waals surface area contributed by atoms with E-state index in [0.717, 1.165) is 0 Å². The first-order valence-corrected chi connectivity index (χ1v) is 4.51. The van der Waals surface area contributed by atoms with E-state index in [-0.39, 0.29) is 11.5 Å². The lowest BCUT2D eigenvalue weighted by atomic mass is 9.70. The molecule has 0 bridgehead atoms. The van der Waals surface area contributed by atoms with Gasteiger partial charge in [0, 0.05) is 11.1 Å². The van der Waals surface area contributed by atoms with Crippen molar-refractivity contribution in [1.29, 1.82) is 0 Å². The quantitative estimate of drug-likeness (QED) is 0.489. The molecule has 0 radical (unpaired) electrons. The Balaban J connectivity index is 2.37. The van der Waals surface area contributed by atoms with Gasteiger partial charge in [-0.2, -0.15) is 0 Å². The number of aliphatic hydroxyl groups excluding tert-OH is 1. The monoisotopic (exact) mass is 195 g/mol. The summed E-state index contributed by atoms with van der Waals surface area (Å²) in [6, 6.07) is 4.70. The molecule has 1 aliphatic carbocycles. The van der Waals surface area contributed by atoms with E-state index in [1.54, 1.807) is 12.1 Å². The molecule has 4 nitrogen and oxygen atoms in total. The topological polar surface area (TPSA) is 86.7 Å². The molecule has 2 rings (SSSR count). The Bertz CT molecular complexity index is 358. The Morgan fingerprint density at radius 3 is 2.50 bits per heavy atom. The van der Waals surface area contributed by atoms with Gasteiger partial charge in [-0.3, -0.25) is 0 Å². The summed E-state index contributed by atoms with van der Waals surface area (Å²) in [6.45, 7) is 0. The standard InChI is InChI=1S/C10H13NO3/c11-10(4-6(12)5-10)7-2-1-3-8(13)9(7)14/h1-3,6,12-14H,4-5,11H2. The fourth-order valence-corrected chi connectivity index (χ4v) is 1.93. The van der Waals surface area contributed by atoms with Crippen molar-refractivity contribution < 1.29 is 15.3 Å². The third kappa shape index (κ3) is 1.23. The number of para-hydroxylation sites is 1. The van der Waals surface area contributed by atoms with Crippen LogP contribution in [0.3, 0.4) is 0 Å². The number of rotatable bonds is 1. The van der Waals surface area contributed by atoms with Crippen molar-refractivity contribution in [2.45, 2.75) is 24.5 Å². The molecule has 0 unspecified atom stereocenters. The maximum atomic E-state index is 9.57. The summed E-state index contributed by atoms with van der Waals surface area (Å²) in [4.78, 5) is 0. The largest absolute Gasteiger partial charge is 0.504 e. The zero-order chi connectivity index (χ0) is 10.3. The predicted octanol–water partition coefficient (Wildman–Crippen LogP) is 0.407. The normalized spacial score (nSPS) is 31.1. The van der Waals surface area contributed by atoms with Crippen LogP contribution in [0.25, 0.3) is 0 Å². The average molecular weight is 195 g/mol. The van der Waals surface area contributed by atoms with Crippen LogP contribution in [0.15, 0.2) is 18.2 Å². The fourth-order valence-electron chi connectivity index (χ4n) is 1.93. The van der Waals surface area contributed by atoms with Crippen molar-refractivity contribution >= 4 is 0 Å². The number of hydrogen-bond acceptors (Lipinski definition) is 4. The van der Waals surface area contributed by atoms with E-state index in [0.29, 0.717) is 18.4 Å². The number of benzene rings is 1. The first-order chi connectivity index (χ1) is 6.53. The molecule has 1 aromatic carbocycles. The predicted molar refractivity (Wildman–Crippen MR) is 50.9 cm³/mol. The van der Waals surface area contributed by atoms with Crippen molar-refractivity contribution in [3.8, 4) is 11.5 Å². The van der Waals surface area contributed by atoms with Gasteiger partial charge in [-0.05, 0) is 18.9 Å². The van der Waals surface area contributed by atoms with Gasteiger partial charge < -0.3 is 21.1 Å². The van der Waals surface area contributed by atoms with Gasteiger partial charge in [0.05, 0.1) is 6.10 Å². The van der Waals surface area contributed by atoms with E-state index in [1.807, 2.05) is 0 Å². The molecule has 1 fully saturated rings. The summed E-state index contributed by atoms with van der Waals surface area (Å²) in [6.07, 6.45) is 0.440. The zero-order valence-electron chi connectivity index (χ0n) is 7.64. The Hall–Kier alpha value is -1.26. The summed E-state index contributed by atoms with van der Waals surface area (Å²) in [7, 11) is 0. The Labute approximate surface area is 81.6 Å². The number of nitrogens with two attached hydrogens (primary N) is 1. The number of hydrogen-bond donors (Lipinski definition) is 4. The highest BCUT2D eigenvalue weighted by Crippen LogP contribution is 2.44. The average Bonchev–Trinajstić information content (AvgIpc) is 2.07. The minimum atomic E-state index is -0.692. The highest BCUT2D eigenvalue weighted by Gasteiger charge is 2.43. The highest BCUT2D eigenvalue weighted by molar-refractivity contribution is 5.48. The molecule has 0 atom stereocenters. The fraction of sp³-hybridized carbons (Fsp3) is 0.400. The molecule has 1 aliphatic rings. The van der Waals surface area contributed by atoms with Crippen LogP contribution in [0.2, 0.25) is 0 Å². The molecular formula is C10H13NO3. The third-order valence-corrected chi connectivity index (χ3v) is 2.75. The van der Waals surface area contributed by atoms with Crippen molar-refractivity contribution in [2.75, 3.05) is 0 Å². The van der Waals surface area contributed by atoms with Crippen LogP contribution in [-0.4, -0.2) is 21.4 Å². The smallest absolute Gasteiger partial charge is 0.162 e. The van der Waals surface area contributed by atoms with Gasteiger partial charge in [0.15, 0.2) is 11.5 Å². The molecule has 0 spiro atoms. The molecule has 0 aromatic heterocycles. The van der Waals surface area contributed by atoms with Gasteiger partial charge in [-0.1, -0.05) is 12.1 Å². The summed E-state index contributed by atoms with van der Waals surface area (Å²) in [5.41, 5.74) is 5.76. The molecule has 0 heterocycles. The van der Waals surface area contributed by atoms with Crippen molar-refractivity contribution in [3.05, 3.63) is 23.8 Å². The van der Waals surface area contributed by atoms with Crippen LogP contribution < -0.4 is 5.73 Å². The van der Waals surface area contributed by atoms with E-state index in [4.69, 9.17) is 5.73 Å². The van der Waals surface area contributed by atoms with Gasteiger partial charge in [-0.15, -0.1) is 0 Å². The van der Waals surface area contributed by atoms with Gasteiger partial charge in [0.2, 0.25) is 0 Å². The van der Waals surface area contributed by atoms with Gasteiger partial charge >= 0.3 is 0 Å². The molecule has 1 aromatic rings. The second-order valence-electron chi connectivity index (χ2n) is 3.89. The van der Waals surface area contributed by atoms with Crippen LogP contribution in [-0.2, 0) is 5.54 Å². The van der Waals surface area contributed by atoms with Crippen LogP contribution >= 0.6 is 0 Å². The van der Waals surface area contributed by atoms with Crippen LogP contribution in [0, 0.1) is 0 Å². The lowest BCUT2D eigenvalue weighted by molar-refractivity contribution is 0.0197. The molecule has 0 saturated heterocycles. The molecule has 0 amide bonds. The molecule has 0 aliphatic heterocycles. The van der Waals surface area contributed by atoms with E-state index in [1.165, 1.54) is 6.07 Å². The van der Waals surface area contributed by atoms with E-state index < -0.39 is 11.6 Å². The van der Waals surface area contributed by atoms with E-state index >= 15 is 0 Å². The van der Waals surface area contributed by atoms with Crippen molar-refractivity contribution in [2.24, 2.45) is 5.73 Å². The van der Waals surface area contributed by atoms with E-state index in [2.05, 4.69) is 0 Å². The lowest BCUT2D eigenvalue weighted by Gasteiger charge is -2.42. The minimum Gasteiger partial charge on any atom is -0.504 e. The maximum absolute atomic E-state index is 9.57. The maximum Gasteiger partial charge on any atom is 0.162 e. The van der Waals surface area contributed by atoms with Gasteiger partial charge in [0.1, 0.15) is 0 Å². The molecule has 4 heteroatoms. The SMILES string of the molecule is NC1(c2cccc(O)c2O)CC(O)C1. The Kier molecular flexibility index (Phi) is 1.90. The molecule has 76 valence electrons. The van der Waals surface area contributed by atoms with Crippen LogP contribution in [0.5, 0.6) is 11.5 Å². The first kappa shape index (κ1) is 9.30. The molecule has 1 saturated carbocycles. The Morgan fingerprint density at radius 1 is 1.29 bits per heavy atom. The molecular weight excluding hydrogens is 182 g/mol. The third-order valence-electron chi connectivity index (χ3n) is 2.75. The number of aliphatic hydroxyl groups is 1. The number of phenolic OH excluding ortho intramolecular Hbond substituents is 2. The first-order valence-electron chi connectivity index (χ1n) is 4.51. The lowest BCUT2D eigenvalue weighted by Crippen LogP contribution is -2.51. The second-order valence-corrected chi connectivity index (χ2v) is 3.89. The van der Waals surface area contributed by atoms with Gasteiger partial charge in [0.25, 0.3) is 0 Å². The van der Waals surface area contributed by atoms with Crippen LogP contribution in [0.4, 0.5) is 0 Å².